The van der Waals surface area contributed by atoms with E-state index in [9.17, 15) is 9.18 Å². The molecule has 0 saturated heterocycles. The summed E-state index contributed by atoms with van der Waals surface area (Å²) in [5.41, 5.74) is 7.08. The second-order valence-corrected chi connectivity index (χ2v) is 4.46. The molecule has 4 heteroatoms. The second kappa shape index (κ2) is 4.78. The van der Waals surface area contributed by atoms with Gasteiger partial charge in [0.2, 0.25) is 0 Å². The van der Waals surface area contributed by atoms with E-state index >= 15 is 0 Å². The molecule has 2 rings (SSSR count). The maximum absolute atomic E-state index is 13.6. The molecule has 0 aliphatic rings. The average molecular weight is 264 g/mol. The van der Waals surface area contributed by atoms with Crippen LogP contribution in [0.3, 0.4) is 0 Å². The van der Waals surface area contributed by atoms with E-state index in [-0.39, 0.29) is 16.1 Å². The largest absolute Gasteiger partial charge is 0.399 e. The molecule has 0 heterocycles. The molecule has 0 aliphatic heterocycles. The van der Waals surface area contributed by atoms with Crippen molar-refractivity contribution < 1.29 is 9.18 Å². The van der Waals surface area contributed by atoms with Crippen molar-refractivity contribution in [2.24, 2.45) is 0 Å². The molecule has 0 aliphatic carbocycles. The van der Waals surface area contributed by atoms with Crippen LogP contribution in [0.4, 0.5) is 10.1 Å². The Kier molecular flexibility index (Phi) is 3.34. The number of hydrogen-bond acceptors (Lipinski definition) is 2. The lowest BCUT2D eigenvalue weighted by Crippen LogP contribution is -2.06. The molecule has 0 unspecified atom stereocenters. The minimum absolute atomic E-state index is 0.0154. The van der Waals surface area contributed by atoms with E-state index in [0.717, 1.165) is 5.56 Å². The van der Waals surface area contributed by atoms with E-state index in [4.69, 9.17) is 17.3 Å². The molecule has 18 heavy (non-hydrogen) atoms. The molecule has 2 aromatic rings. The number of rotatable bonds is 2. The van der Waals surface area contributed by atoms with Gasteiger partial charge in [-0.1, -0.05) is 23.2 Å². The van der Waals surface area contributed by atoms with Crippen molar-refractivity contribution >= 4 is 23.1 Å². The van der Waals surface area contributed by atoms with Gasteiger partial charge in [-0.15, -0.1) is 0 Å². The van der Waals surface area contributed by atoms with E-state index in [1.807, 2.05) is 0 Å². The third-order valence-corrected chi connectivity index (χ3v) is 2.92. The van der Waals surface area contributed by atoms with Gasteiger partial charge >= 0.3 is 0 Å². The van der Waals surface area contributed by atoms with Crippen molar-refractivity contribution in [2.75, 3.05) is 5.73 Å². The summed E-state index contributed by atoms with van der Waals surface area (Å²) in [6, 6.07) is 8.92. The summed E-state index contributed by atoms with van der Waals surface area (Å²) in [5, 5.41) is 0.223. The molecular weight excluding hydrogens is 253 g/mol. The van der Waals surface area contributed by atoms with Crippen LogP contribution in [0.25, 0.3) is 0 Å². The summed E-state index contributed by atoms with van der Waals surface area (Å²) in [6.07, 6.45) is 0. The lowest BCUT2D eigenvalue weighted by Gasteiger charge is -2.06. The zero-order valence-corrected chi connectivity index (χ0v) is 10.5. The number of aryl methyl sites for hydroxylation is 1. The second-order valence-electron chi connectivity index (χ2n) is 4.05. The highest BCUT2D eigenvalue weighted by atomic mass is 35.5. The zero-order valence-electron chi connectivity index (χ0n) is 9.71. The Bertz CT molecular complexity index is 625. The Morgan fingerprint density at radius 3 is 2.56 bits per heavy atom. The number of halogens is 2. The van der Waals surface area contributed by atoms with Crippen LogP contribution in [0.1, 0.15) is 21.5 Å². The predicted octanol–water partition coefficient (Wildman–Crippen LogP) is 3.60. The maximum atomic E-state index is 13.6. The monoisotopic (exact) mass is 263 g/mol. The summed E-state index contributed by atoms with van der Waals surface area (Å²) in [5.74, 6) is -1.00. The summed E-state index contributed by atoms with van der Waals surface area (Å²) in [7, 11) is 0. The fraction of sp³-hybridized carbons (Fsp3) is 0.0714. The van der Waals surface area contributed by atoms with E-state index in [0.29, 0.717) is 5.69 Å². The van der Waals surface area contributed by atoms with Crippen LogP contribution in [0.15, 0.2) is 36.4 Å². The first-order valence-electron chi connectivity index (χ1n) is 5.35. The fourth-order valence-corrected chi connectivity index (χ4v) is 1.95. The quantitative estimate of drug-likeness (QED) is 0.664. The Morgan fingerprint density at radius 2 is 1.89 bits per heavy atom. The van der Waals surface area contributed by atoms with Crippen molar-refractivity contribution in [1.82, 2.24) is 0 Å². The predicted molar refractivity (Wildman–Crippen MR) is 70.4 cm³/mol. The third-order valence-electron chi connectivity index (χ3n) is 2.60. The number of ketones is 1. The minimum Gasteiger partial charge on any atom is -0.399 e. The molecular formula is C14H11ClFNO. The normalized spacial score (nSPS) is 10.4. The Labute approximate surface area is 109 Å². The Morgan fingerprint density at radius 1 is 1.17 bits per heavy atom. The standard InChI is InChI=1S/C14H11ClFNO/c1-8-2-5-13(16)11(6-8)14(18)10-4-3-9(17)7-12(10)15/h2-7H,17H2,1H3. The molecule has 2 nitrogen and oxygen atoms in total. The van der Waals surface area contributed by atoms with Crippen LogP contribution in [0.5, 0.6) is 0 Å². The van der Waals surface area contributed by atoms with Crippen molar-refractivity contribution in [3.63, 3.8) is 0 Å². The third kappa shape index (κ3) is 2.36. The lowest BCUT2D eigenvalue weighted by molar-refractivity contribution is 0.103. The molecule has 0 atom stereocenters. The number of carbonyl (C=O) groups is 1. The molecule has 0 amide bonds. The van der Waals surface area contributed by atoms with Crippen LogP contribution in [0, 0.1) is 12.7 Å². The molecule has 0 bridgehead atoms. The van der Waals surface area contributed by atoms with Crippen molar-refractivity contribution in [2.45, 2.75) is 6.92 Å². The van der Waals surface area contributed by atoms with E-state index in [1.165, 1.54) is 24.3 Å². The van der Waals surface area contributed by atoms with E-state index < -0.39 is 11.6 Å². The van der Waals surface area contributed by atoms with Crippen LogP contribution < -0.4 is 5.73 Å². The van der Waals surface area contributed by atoms with Crippen molar-refractivity contribution in [1.29, 1.82) is 0 Å². The van der Waals surface area contributed by atoms with Gasteiger partial charge in [0.25, 0.3) is 0 Å². The molecule has 2 N–H and O–H groups in total. The number of benzene rings is 2. The number of nitrogen functional groups attached to an aromatic ring is 1. The fourth-order valence-electron chi connectivity index (χ4n) is 1.67. The van der Waals surface area contributed by atoms with Crippen molar-refractivity contribution in [3.05, 3.63) is 63.9 Å². The molecule has 2 aromatic carbocycles. The number of anilines is 1. The number of carbonyl (C=O) groups excluding carboxylic acids is 1. The van der Waals surface area contributed by atoms with Gasteiger partial charge in [-0.05, 0) is 37.3 Å². The summed E-state index contributed by atoms with van der Waals surface area (Å²) in [6.45, 7) is 1.79. The highest BCUT2D eigenvalue weighted by Crippen LogP contribution is 2.23. The van der Waals surface area contributed by atoms with Gasteiger partial charge in [0.15, 0.2) is 5.78 Å². The van der Waals surface area contributed by atoms with Gasteiger partial charge < -0.3 is 5.73 Å². The van der Waals surface area contributed by atoms with E-state index in [2.05, 4.69) is 0 Å². The maximum Gasteiger partial charge on any atom is 0.197 e. The first-order valence-corrected chi connectivity index (χ1v) is 5.72. The van der Waals surface area contributed by atoms with Gasteiger partial charge in [-0.2, -0.15) is 0 Å². The highest BCUT2D eigenvalue weighted by molar-refractivity contribution is 6.35. The molecule has 0 spiro atoms. The van der Waals surface area contributed by atoms with Crippen LogP contribution in [-0.4, -0.2) is 5.78 Å². The van der Waals surface area contributed by atoms with Crippen LogP contribution in [-0.2, 0) is 0 Å². The van der Waals surface area contributed by atoms with Crippen LogP contribution in [0.2, 0.25) is 5.02 Å². The molecule has 0 aromatic heterocycles. The first-order chi connectivity index (χ1) is 8.49. The molecule has 0 saturated carbocycles. The van der Waals surface area contributed by atoms with Gasteiger partial charge in [0.05, 0.1) is 10.6 Å². The summed E-state index contributed by atoms with van der Waals surface area (Å²) >= 11 is 5.94. The number of nitrogens with two attached hydrogens (primary N) is 1. The Balaban J connectivity index is 2.51. The van der Waals surface area contributed by atoms with E-state index in [1.54, 1.807) is 19.1 Å². The molecule has 0 radical (unpaired) electrons. The highest BCUT2D eigenvalue weighted by Gasteiger charge is 2.16. The minimum atomic E-state index is -0.557. The van der Waals surface area contributed by atoms with Gasteiger partial charge in [-0.3, -0.25) is 4.79 Å². The number of hydrogen-bond donors (Lipinski definition) is 1. The average Bonchev–Trinajstić information content (AvgIpc) is 2.31. The molecule has 92 valence electrons. The lowest BCUT2D eigenvalue weighted by atomic mass is 10.0. The van der Waals surface area contributed by atoms with Crippen molar-refractivity contribution in [3.8, 4) is 0 Å². The SMILES string of the molecule is Cc1ccc(F)c(C(=O)c2ccc(N)cc2Cl)c1. The molecule has 0 fully saturated rings. The van der Waals surface area contributed by atoms with Crippen LogP contribution >= 0.6 is 11.6 Å². The van der Waals surface area contributed by atoms with Gasteiger partial charge in [0, 0.05) is 11.3 Å². The van der Waals surface area contributed by atoms with Gasteiger partial charge in [-0.25, -0.2) is 4.39 Å². The Hall–Kier alpha value is -1.87. The summed E-state index contributed by atoms with van der Waals surface area (Å²) in [4.78, 5) is 12.2. The smallest absolute Gasteiger partial charge is 0.197 e. The summed E-state index contributed by atoms with van der Waals surface area (Å²) < 4.78 is 13.6. The zero-order chi connectivity index (χ0) is 13.3. The topological polar surface area (TPSA) is 43.1 Å². The van der Waals surface area contributed by atoms with Gasteiger partial charge in [0.1, 0.15) is 5.82 Å². The first kappa shape index (κ1) is 12.6.